The van der Waals surface area contributed by atoms with Crippen molar-refractivity contribution >= 4 is 52.3 Å². The minimum absolute atomic E-state index is 0.154. The van der Waals surface area contributed by atoms with Gasteiger partial charge in [0.1, 0.15) is 11.0 Å². The molecule has 0 fully saturated rings. The van der Waals surface area contributed by atoms with Crippen molar-refractivity contribution in [2.45, 2.75) is 6.92 Å². The molecule has 98 valence electrons. The van der Waals surface area contributed by atoms with Gasteiger partial charge in [0.05, 0.1) is 18.6 Å². The Morgan fingerprint density at radius 2 is 2.17 bits per heavy atom. The van der Waals surface area contributed by atoms with Crippen molar-refractivity contribution in [3.8, 4) is 0 Å². The molecule has 18 heavy (non-hydrogen) atoms. The molecule has 0 aliphatic rings. The summed E-state index contributed by atoms with van der Waals surface area (Å²) in [5.41, 5.74) is 0. The number of amides is 2. The van der Waals surface area contributed by atoms with Crippen molar-refractivity contribution in [1.29, 1.82) is 0 Å². The van der Waals surface area contributed by atoms with Crippen LogP contribution >= 0.6 is 35.1 Å². The first-order chi connectivity index (χ1) is 8.51. The minimum Gasteiger partial charge on any atom is -0.449 e. The number of nitrogens with one attached hydrogen (secondary N) is 2. The Morgan fingerprint density at radius 1 is 1.44 bits per heavy atom. The van der Waals surface area contributed by atoms with Crippen molar-refractivity contribution in [2.75, 3.05) is 11.9 Å². The number of halogens is 2. The summed E-state index contributed by atoms with van der Waals surface area (Å²) in [6.45, 7) is 1.88. The van der Waals surface area contributed by atoms with E-state index in [2.05, 4.69) is 19.8 Å². The van der Waals surface area contributed by atoms with Crippen molar-refractivity contribution in [3.05, 3.63) is 22.3 Å². The van der Waals surface area contributed by atoms with E-state index in [0.29, 0.717) is 17.0 Å². The van der Waals surface area contributed by atoms with E-state index in [1.165, 1.54) is 12.1 Å². The number of rotatable bonds is 2. The number of nitrogens with zero attached hydrogens (tertiary/aromatic N) is 1. The van der Waals surface area contributed by atoms with Crippen LogP contribution in [0, 0.1) is 0 Å². The predicted octanol–water partition coefficient (Wildman–Crippen LogP) is 3.31. The number of hydrogen-bond donors (Lipinski definition) is 2. The second kappa shape index (κ2) is 7.30. The fourth-order valence-electron chi connectivity index (χ4n) is 0.908. The summed E-state index contributed by atoms with van der Waals surface area (Å²) in [6.07, 6.45) is -0.699. The molecule has 9 heteroatoms. The Morgan fingerprint density at radius 3 is 2.78 bits per heavy atom. The lowest BCUT2D eigenvalue weighted by atomic mass is 10.4. The molecule has 0 atom stereocenters. The van der Waals surface area contributed by atoms with Gasteiger partial charge in [0.15, 0.2) is 0 Å². The smallest absolute Gasteiger partial charge is 0.417 e. The van der Waals surface area contributed by atoms with Gasteiger partial charge in [-0.05, 0) is 19.1 Å². The monoisotopic (exact) mass is 309 g/mol. The van der Waals surface area contributed by atoms with Crippen molar-refractivity contribution in [3.63, 3.8) is 0 Å². The summed E-state index contributed by atoms with van der Waals surface area (Å²) < 4.78 is 6.75. The van der Waals surface area contributed by atoms with Crippen LogP contribution in [0.1, 0.15) is 6.92 Å². The minimum atomic E-state index is -0.699. The van der Waals surface area contributed by atoms with Gasteiger partial charge < -0.3 is 4.74 Å². The lowest BCUT2D eigenvalue weighted by molar-refractivity contribution is 0.159. The van der Waals surface area contributed by atoms with E-state index in [1.807, 2.05) is 0 Å². The molecule has 0 saturated carbocycles. The molecule has 0 bridgehead atoms. The standard InChI is InChI=1S/C9H9Cl2N3O3S/c1-2-17-8(15)14-18-9(16)13-7-4-5(10)3-6(11)12-7/h3-4H,2H2,1H3,(H,14,15)(H,12,13,16). The molecule has 1 aromatic heterocycles. The van der Waals surface area contributed by atoms with Gasteiger partial charge in [-0.15, -0.1) is 0 Å². The van der Waals surface area contributed by atoms with Gasteiger partial charge in [0.2, 0.25) is 0 Å². The molecule has 0 unspecified atom stereocenters. The Balaban J connectivity index is 2.47. The van der Waals surface area contributed by atoms with Gasteiger partial charge in [0.25, 0.3) is 0 Å². The normalized spacial score (nSPS) is 9.72. The fourth-order valence-corrected chi connectivity index (χ4v) is 1.77. The Kier molecular flexibility index (Phi) is 6.03. The van der Waals surface area contributed by atoms with E-state index >= 15 is 0 Å². The number of aromatic nitrogens is 1. The van der Waals surface area contributed by atoms with Gasteiger partial charge in [-0.2, -0.15) is 0 Å². The van der Waals surface area contributed by atoms with Crippen molar-refractivity contribution < 1.29 is 14.3 Å². The molecule has 1 rings (SSSR count). The second-order valence-corrected chi connectivity index (χ2v) is 4.43. The van der Waals surface area contributed by atoms with Gasteiger partial charge in [0, 0.05) is 5.02 Å². The van der Waals surface area contributed by atoms with Crippen LogP contribution in [-0.2, 0) is 4.74 Å². The molecule has 0 aromatic carbocycles. The molecule has 2 N–H and O–H groups in total. The molecule has 0 aliphatic carbocycles. The molecule has 1 heterocycles. The zero-order valence-electron chi connectivity index (χ0n) is 9.20. The van der Waals surface area contributed by atoms with Crippen molar-refractivity contribution in [2.24, 2.45) is 0 Å². The van der Waals surface area contributed by atoms with E-state index in [-0.39, 0.29) is 17.6 Å². The third-order valence-corrected chi connectivity index (χ3v) is 2.46. The van der Waals surface area contributed by atoms with Gasteiger partial charge in [-0.1, -0.05) is 23.2 Å². The Hall–Kier alpha value is -1.18. The summed E-state index contributed by atoms with van der Waals surface area (Å²) in [6, 6.07) is 2.86. The van der Waals surface area contributed by atoms with E-state index in [0.717, 1.165) is 0 Å². The maximum atomic E-state index is 11.4. The quantitative estimate of drug-likeness (QED) is 0.647. The molecule has 0 aliphatic heterocycles. The third-order valence-electron chi connectivity index (χ3n) is 1.49. The summed E-state index contributed by atoms with van der Waals surface area (Å²) in [5, 5.41) is 2.34. The molecule has 6 nitrogen and oxygen atoms in total. The molecule has 0 radical (unpaired) electrons. The van der Waals surface area contributed by atoms with E-state index in [4.69, 9.17) is 23.2 Å². The zero-order chi connectivity index (χ0) is 13.5. The maximum Gasteiger partial charge on any atom is 0.417 e. The van der Waals surface area contributed by atoms with E-state index in [1.54, 1.807) is 6.92 Å². The molecule has 0 spiro atoms. The largest absolute Gasteiger partial charge is 0.449 e. The molecule has 0 saturated heterocycles. The highest BCUT2D eigenvalue weighted by Crippen LogP contribution is 2.19. The number of ether oxygens (including phenoxy) is 1. The topological polar surface area (TPSA) is 80.3 Å². The average molecular weight is 310 g/mol. The highest BCUT2D eigenvalue weighted by atomic mass is 35.5. The highest BCUT2D eigenvalue weighted by molar-refractivity contribution is 8.12. The van der Waals surface area contributed by atoms with Crippen LogP contribution in [0.4, 0.5) is 15.4 Å². The van der Waals surface area contributed by atoms with Crippen LogP contribution < -0.4 is 10.0 Å². The lowest BCUT2D eigenvalue weighted by Gasteiger charge is -2.05. The Labute approximate surface area is 118 Å². The number of carbonyl (C=O) groups is 2. The van der Waals surface area contributed by atoms with Crippen LogP contribution in [0.5, 0.6) is 0 Å². The number of hydrogen-bond acceptors (Lipinski definition) is 5. The van der Waals surface area contributed by atoms with Crippen LogP contribution in [0.2, 0.25) is 10.2 Å². The van der Waals surface area contributed by atoms with Crippen LogP contribution in [0.15, 0.2) is 12.1 Å². The summed E-state index contributed by atoms with van der Waals surface area (Å²) in [7, 11) is 0. The van der Waals surface area contributed by atoms with Crippen LogP contribution in [0.3, 0.4) is 0 Å². The molecule has 2 amide bonds. The SMILES string of the molecule is CCOC(=O)NSC(=O)Nc1cc(Cl)cc(Cl)n1. The summed E-state index contributed by atoms with van der Waals surface area (Å²) in [4.78, 5) is 26.1. The number of anilines is 1. The first kappa shape index (κ1) is 14.9. The zero-order valence-corrected chi connectivity index (χ0v) is 11.5. The van der Waals surface area contributed by atoms with E-state index < -0.39 is 11.3 Å². The predicted molar refractivity (Wildman–Crippen MR) is 71.0 cm³/mol. The van der Waals surface area contributed by atoms with Gasteiger partial charge in [-0.3, -0.25) is 14.8 Å². The number of pyridine rings is 1. The van der Waals surface area contributed by atoms with Crippen LogP contribution in [0.25, 0.3) is 0 Å². The first-order valence-corrected chi connectivity index (χ1v) is 6.32. The van der Waals surface area contributed by atoms with Gasteiger partial charge in [-0.25, -0.2) is 9.78 Å². The highest BCUT2D eigenvalue weighted by Gasteiger charge is 2.09. The summed E-state index contributed by atoms with van der Waals surface area (Å²) >= 11 is 11.9. The van der Waals surface area contributed by atoms with Crippen LogP contribution in [-0.4, -0.2) is 22.9 Å². The lowest BCUT2D eigenvalue weighted by Crippen LogP contribution is -2.21. The maximum absolute atomic E-state index is 11.4. The van der Waals surface area contributed by atoms with Gasteiger partial charge >= 0.3 is 11.3 Å². The Bertz CT molecular complexity index is 438. The average Bonchev–Trinajstić information content (AvgIpc) is 2.25. The molecule has 1 aromatic rings. The van der Waals surface area contributed by atoms with E-state index in [9.17, 15) is 9.59 Å². The third kappa shape index (κ3) is 5.44. The van der Waals surface area contributed by atoms with Crippen molar-refractivity contribution in [1.82, 2.24) is 9.71 Å². The molecular formula is C9H9Cl2N3O3S. The summed E-state index contributed by atoms with van der Waals surface area (Å²) in [5.74, 6) is 0.190. The second-order valence-electron chi connectivity index (χ2n) is 2.83. The first-order valence-electron chi connectivity index (χ1n) is 4.75. The fraction of sp³-hybridized carbons (Fsp3) is 0.222. The number of carbonyl (C=O) groups excluding carboxylic acids is 2. The molecular weight excluding hydrogens is 301 g/mol.